The standard InChI is InChI=1S/C35H39N3O5S/c1-5-38-33-15-14-28(44(40,41)37-17-19-42-20-18-37)23-30(33)31(34(38)39)22-25-24-36(32-9-7-6-8-29(25)32)16-21-43-27-12-10-26(11-13-27)35(2,3)4/h6-15,22-24H,5,16-21H2,1-4H3/b31-22+. The van der Waals surface area contributed by atoms with Crippen molar-refractivity contribution in [1.29, 1.82) is 0 Å². The Balaban J connectivity index is 1.31. The van der Waals surface area contributed by atoms with Gasteiger partial charge in [0.2, 0.25) is 10.0 Å². The number of carbonyl (C=O) groups excluding carboxylic acids is 1. The highest BCUT2D eigenvalue weighted by Crippen LogP contribution is 2.40. The summed E-state index contributed by atoms with van der Waals surface area (Å²) in [5, 5.41) is 1.01. The lowest BCUT2D eigenvalue weighted by atomic mass is 9.87. The van der Waals surface area contributed by atoms with Crippen LogP contribution in [0.2, 0.25) is 0 Å². The van der Waals surface area contributed by atoms with Gasteiger partial charge in [-0.2, -0.15) is 4.31 Å². The molecule has 1 amide bonds. The van der Waals surface area contributed by atoms with Gasteiger partial charge in [0.05, 0.1) is 30.3 Å². The van der Waals surface area contributed by atoms with Crippen molar-refractivity contribution in [3.05, 3.63) is 89.6 Å². The molecule has 0 spiro atoms. The fourth-order valence-corrected chi connectivity index (χ4v) is 7.36. The lowest BCUT2D eigenvalue weighted by Gasteiger charge is -2.26. The normalized spacial score (nSPS) is 17.0. The molecule has 2 aliphatic heterocycles. The Morgan fingerprint density at radius 1 is 0.977 bits per heavy atom. The first-order valence-corrected chi connectivity index (χ1v) is 16.6. The molecule has 1 aromatic heterocycles. The number of carbonyl (C=O) groups is 1. The van der Waals surface area contributed by atoms with E-state index in [2.05, 4.69) is 43.5 Å². The van der Waals surface area contributed by atoms with Crippen molar-refractivity contribution < 1.29 is 22.7 Å². The average molecular weight is 614 g/mol. The summed E-state index contributed by atoms with van der Waals surface area (Å²) >= 11 is 0. The summed E-state index contributed by atoms with van der Waals surface area (Å²) in [7, 11) is -3.72. The van der Waals surface area contributed by atoms with E-state index >= 15 is 0 Å². The predicted octanol–water partition coefficient (Wildman–Crippen LogP) is 5.95. The Hall–Kier alpha value is -3.92. The monoisotopic (exact) mass is 613 g/mol. The molecular formula is C35H39N3O5S. The highest BCUT2D eigenvalue weighted by Gasteiger charge is 2.34. The van der Waals surface area contributed by atoms with Gasteiger partial charge in [-0.15, -0.1) is 0 Å². The van der Waals surface area contributed by atoms with E-state index < -0.39 is 10.0 Å². The zero-order chi connectivity index (χ0) is 31.1. The van der Waals surface area contributed by atoms with E-state index in [1.807, 2.05) is 49.5 Å². The predicted molar refractivity (Wildman–Crippen MR) is 174 cm³/mol. The van der Waals surface area contributed by atoms with Crippen LogP contribution in [0.5, 0.6) is 5.75 Å². The van der Waals surface area contributed by atoms with Crippen molar-refractivity contribution in [2.75, 3.05) is 44.4 Å². The van der Waals surface area contributed by atoms with E-state index in [1.165, 1.54) is 9.87 Å². The molecule has 2 aliphatic rings. The summed E-state index contributed by atoms with van der Waals surface area (Å²) in [6.45, 7) is 11.5. The lowest BCUT2D eigenvalue weighted by molar-refractivity contribution is -0.112. The quantitative estimate of drug-likeness (QED) is 0.230. The van der Waals surface area contributed by atoms with Crippen molar-refractivity contribution in [2.24, 2.45) is 0 Å². The minimum atomic E-state index is -3.72. The van der Waals surface area contributed by atoms with Gasteiger partial charge in [-0.1, -0.05) is 51.1 Å². The maximum atomic E-state index is 13.7. The van der Waals surface area contributed by atoms with Gasteiger partial charge >= 0.3 is 0 Å². The molecule has 4 aromatic rings. The molecular weight excluding hydrogens is 574 g/mol. The van der Waals surface area contributed by atoms with Crippen LogP contribution in [-0.2, 0) is 31.5 Å². The second-order valence-electron chi connectivity index (χ2n) is 12.2. The molecule has 0 bridgehead atoms. The summed E-state index contributed by atoms with van der Waals surface area (Å²) < 4.78 is 42.0. The molecule has 3 aromatic carbocycles. The number of aromatic nitrogens is 1. The molecule has 0 N–H and O–H groups in total. The molecule has 44 heavy (non-hydrogen) atoms. The molecule has 1 saturated heterocycles. The zero-order valence-corrected chi connectivity index (χ0v) is 26.6. The molecule has 6 rings (SSSR count). The number of hydrogen-bond donors (Lipinski definition) is 0. The maximum Gasteiger partial charge on any atom is 0.258 e. The highest BCUT2D eigenvalue weighted by atomic mass is 32.2. The third kappa shape index (κ3) is 5.67. The van der Waals surface area contributed by atoms with Crippen molar-refractivity contribution >= 4 is 44.2 Å². The Bertz CT molecular complexity index is 1830. The number of nitrogens with zero attached hydrogens (tertiary/aromatic N) is 3. The molecule has 0 atom stereocenters. The first-order chi connectivity index (χ1) is 21.1. The van der Waals surface area contributed by atoms with Crippen LogP contribution >= 0.6 is 0 Å². The van der Waals surface area contributed by atoms with Crippen LogP contribution in [0, 0.1) is 0 Å². The summed E-state index contributed by atoms with van der Waals surface area (Å²) in [4.78, 5) is 15.6. The van der Waals surface area contributed by atoms with Gasteiger partial charge in [-0.05, 0) is 60.4 Å². The first-order valence-electron chi connectivity index (χ1n) is 15.1. The number of benzene rings is 3. The van der Waals surface area contributed by atoms with Crippen molar-refractivity contribution in [3.8, 4) is 5.75 Å². The third-order valence-electron chi connectivity index (χ3n) is 8.39. The van der Waals surface area contributed by atoms with Crippen LogP contribution in [0.3, 0.4) is 0 Å². The topological polar surface area (TPSA) is 81.1 Å². The number of anilines is 1. The first kappa shape index (κ1) is 30.1. The van der Waals surface area contributed by atoms with Gasteiger partial charge in [0.1, 0.15) is 12.4 Å². The van der Waals surface area contributed by atoms with E-state index in [0.29, 0.717) is 57.1 Å². The summed E-state index contributed by atoms with van der Waals surface area (Å²) in [5.41, 5.74) is 5.11. The summed E-state index contributed by atoms with van der Waals surface area (Å²) in [6, 6.07) is 21.3. The highest BCUT2D eigenvalue weighted by molar-refractivity contribution is 7.89. The molecule has 3 heterocycles. The van der Waals surface area contributed by atoms with Gasteiger partial charge < -0.3 is 18.9 Å². The van der Waals surface area contributed by atoms with E-state index in [-0.39, 0.29) is 16.2 Å². The number of hydrogen-bond acceptors (Lipinski definition) is 5. The van der Waals surface area contributed by atoms with Crippen LogP contribution in [0.1, 0.15) is 44.4 Å². The van der Waals surface area contributed by atoms with Crippen molar-refractivity contribution in [1.82, 2.24) is 8.87 Å². The van der Waals surface area contributed by atoms with Crippen LogP contribution < -0.4 is 9.64 Å². The van der Waals surface area contributed by atoms with E-state index in [1.54, 1.807) is 23.1 Å². The Kier molecular flexibility index (Phi) is 8.13. The third-order valence-corrected chi connectivity index (χ3v) is 10.3. The number of likely N-dealkylation sites (N-methyl/N-ethyl adjacent to an activating group) is 1. The second-order valence-corrected chi connectivity index (χ2v) is 14.2. The van der Waals surface area contributed by atoms with Crippen molar-refractivity contribution in [2.45, 2.75) is 44.6 Å². The van der Waals surface area contributed by atoms with Gasteiger partial charge in [-0.25, -0.2) is 8.42 Å². The summed E-state index contributed by atoms with van der Waals surface area (Å²) in [5.74, 6) is 0.690. The molecule has 8 nitrogen and oxygen atoms in total. The van der Waals surface area contributed by atoms with E-state index in [4.69, 9.17) is 9.47 Å². The number of morpholine rings is 1. The van der Waals surface area contributed by atoms with Gasteiger partial charge in [-0.3, -0.25) is 4.79 Å². The molecule has 0 saturated carbocycles. The number of amides is 1. The van der Waals surface area contributed by atoms with Gasteiger partial charge in [0, 0.05) is 53.4 Å². The zero-order valence-electron chi connectivity index (χ0n) is 25.7. The number of ether oxygens (including phenoxy) is 2. The minimum Gasteiger partial charge on any atom is -0.492 e. The smallest absolute Gasteiger partial charge is 0.258 e. The number of rotatable bonds is 8. The van der Waals surface area contributed by atoms with E-state index in [9.17, 15) is 13.2 Å². The van der Waals surface area contributed by atoms with Gasteiger partial charge in [0.25, 0.3) is 5.91 Å². The van der Waals surface area contributed by atoms with Crippen LogP contribution in [0.4, 0.5) is 5.69 Å². The summed E-state index contributed by atoms with van der Waals surface area (Å²) in [6.07, 6.45) is 3.94. The fraction of sp³-hybridized carbons (Fsp3) is 0.343. The molecule has 0 aliphatic carbocycles. The Labute approximate surface area is 259 Å². The van der Waals surface area contributed by atoms with Crippen LogP contribution in [0.15, 0.2) is 77.8 Å². The van der Waals surface area contributed by atoms with E-state index in [0.717, 1.165) is 27.9 Å². The number of fused-ring (bicyclic) bond motifs is 2. The largest absolute Gasteiger partial charge is 0.492 e. The molecule has 0 unspecified atom stereocenters. The Morgan fingerprint density at radius 3 is 2.41 bits per heavy atom. The second kappa shape index (κ2) is 11.9. The molecule has 230 valence electrons. The molecule has 1 fully saturated rings. The van der Waals surface area contributed by atoms with Gasteiger partial charge in [0.15, 0.2) is 0 Å². The number of para-hydroxylation sites is 1. The molecule has 9 heteroatoms. The lowest BCUT2D eigenvalue weighted by Crippen LogP contribution is -2.40. The number of sulfonamides is 1. The fourth-order valence-electron chi connectivity index (χ4n) is 5.93. The average Bonchev–Trinajstić information content (AvgIpc) is 3.50. The van der Waals surface area contributed by atoms with Crippen molar-refractivity contribution in [3.63, 3.8) is 0 Å². The van der Waals surface area contributed by atoms with Crippen LogP contribution in [0.25, 0.3) is 22.6 Å². The minimum absolute atomic E-state index is 0.0848. The van der Waals surface area contributed by atoms with Crippen LogP contribution in [-0.4, -0.2) is 62.7 Å². The maximum absolute atomic E-state index is 13.7. The Morgan fingerprint density at radius 2 is 1.70 bits per heavy atom. The molecule has 0 radical (unpaired) electrons. The SMILES string of the molecule is CCN1C(=O)/C(=C/c2cn(CCOc3ccc(C(C)(C)C)cc3)c3ccccc23)c2cc(S(=O)(=O)N3CCOCC3)ccc21.